The van der Waals surface area contributed by atoms with Crippen LogP contribution in [0.15, 0.2) is 18.2 Å². The second-order valence-electron chi connectivity index (χ2n) is 5.22. The van der Waals surface area contributed by atoms with E-state index in [1.165, 1.54) is 5.56 Å². The Bertz CT molecular complexity index is 490. The van der Waals surface area contributed by atoms with Crippen molar-refractivity contribution in [2.45, 2.75) is 25.3 Å². The lowest BCUT2D eigenvalue weighted by Crippen LogP contribution is -2.43. The van der Waals surface area contributed by atoms with Crippen LogP contribution in [-0.2, 0) is 16.0 Å². The first-order chi connectivity index (χ1) is 9.83. The van der Waals surface area contributed by atoms with Gasteiger partial charge in [0.15, 0.2) is 0 Å². The summed E-state index contributed by atoms with van der Waals surface area (Å²) in [7, 11) is 0. The van der Waals surface area contributed by atoms with Crippen LogP contribution in [0.2, 0.25) is 0 Å². The molecule has 1 amide bonds. The molecule has 1 saturated heterocycles. The number of halogens is 1. The van der Waals surface area contributed by atoms with Crippen molar-refractivity contribution >= 4 is 24.0 Å². The molecule has 2 heterocycles. The standard InChI is InChI=1S/C15H20N2O3.ClH/c18-14(9-12-10-19-8-6-16-12)17-13-5-1-3-11-4-2-7-20-15(11)13;/h1,3,5,12,16H,2,4,6-10H2,(H,17,18);1H. The molecular weight excluding hydrogens is 292 g/mol. The van der Waals surface area contributed by atoms with Crippen LogP contribution in [0.3, 0.4) is 0 Å². The number of hydrogen-bond donors (Lipinski definition) is 2. The van der Waals surface area contributed by atoms with Crippen LogP contribution in [-0.4, -0.2) is 38.3 Å². The minimum absolute atomic E-state index is 0. The summed E-state index contributed by atoms with van der Waals surface area (Å²) in [6, 6.07) is 6.02. The molecule has 2 aliphatic rings. The van der Waals surface area contributed by atoms with Crippen LogP contribution >= 0.6 is 12.4 Å². The Balaban J connectivity index is 0.00000161. The van der Waals surface area contributed by atoms with Gasteiger partial charge in [-0.25, -0.2) is 0 Å². The van der Waals surface area contributed by atoms with Crippen molar-refractivity contribution in [3.8, 4) is 5.75 Å². The smallest absolute Gasteiger partial charge is 0.226 e. The van der Waals surface area contributed by atoms with Crippen molar-refractivity contribution in [2.24, 2.45) is 0 Å². The monoisotopic (exact) mass is 312 g/mol. The lowest BCUT2D eigenvalue weighted by atomic mass is 10.1. The molecule has 0 bridgehead atoms. The molecule has 3 rings (SSSR count). The van der Waals surface area contributed by atoms with Crippen LogP contribution in [0.4, 0.5) is 5.69 Å². The number of benzene rings is 1. The maximum Gasteiger partial charge on any atom is 0.226 e. The van der Waals surface area contributed by atoms with Crippen LogP contribution in [0, 0.1) is 0 Å². The Labute approximate surface area is 130 Å². The Morgan fingerprint density at radius 2 is 2.29 bits per heavy atom. The van der Waals surface area contributed by atoms with Gasteiger partial charge >= 0.3 is 0 Å². The topological polar surface area (TPSA) is 59.6 Å². The number of carbonyl (C=O) groups excluding carboxylic acids is 1. The molecule has 0 aromatic heterocycles. The van der Waals surface area contributed by atoms with E-state index in [2.05, 4.69) is 16.7 Å². The van der Waals surface area contributed by atoms with E-state index in [4.69, 9.17) is 9.47 Å². The van der Waals surface area contributed by atoms with Crippen molar-refractivity contribution in [3.05, 3.63) is 23.8 Å². The van der Waals surface area contributed by atoms with E-state index >= 15 is 0 Å². The molecule has 1 fully saturated rings. The van der Waals surface area contributed by atoms with E-state index in [0.717, 1.165) is 44.0 Å². The van der Waals surface area contributed by atoms with Gasteiger partial charge in [0.05, 0.1) is 25.5 Å². The second kappa shape index (κ2) is 7.64. The van der Waals surface area contributed by atoms with Gasteiger partial charge in [0.1, 0.15) is 5.75 Å². The molecule has 1 unspecified atom stereocenters. The molecule has 116 valence electrons. The SMILES string of the molecule is Cl.O=C(CC1COCCN1)Nc1cccc2c1OCCC2. The molecule has 5 nitrogen and oxygen atoms in total. The van der Waals surface area contributed by atoms with Crippen LogP contribution < -0.4 is 15.4 Å². The number of hydrogen-bond acceptors (Lipinski definition) is 4. The highest BCUT2D eigenvalue weighted by Gasteiger charge is 2.19. The van der Waals surface area contributed by atoms with E-state index in [1.54, 1.807) is 0 Å². The quantitative estimate of drug-likeness (QED) is 0.893. The molecule has 2 aliphatic heterocycles. The van der Waals surface area contributed by atoms with Gasteiger partial charge in [-0.2, -0.15) is 0 Å². The number of anilines is 1. The highest BCUT2D eigenvalue weighted by atomic mass is 35.5. The van der Waals surface area contributed by atoms with Gasteiger partial charge in [-0.15, -0.1) is 12.4 Å². The van der Waals surface area contributed by atoms with Gasteiger partial charge in [0.2, 0.25) is 5.91 Å². The Morgan fingerprint density at radius 1 is 1.38 bits per heavy atom. The average molecular weight is 313 g/mol. The molecule has 1 atom stereocenters. The van der Waals surface area contributed by atoms with E-state index in [1.807, 2.05) is 12.1 Å². The van der Waals surface area contributed by atoms with Crippen molar-refractivity contribution in [3.63, 3.8) is 0 Å². The fourth-order valence-electron chi connectivity index (χ4n) is 2.66. The lowest BCUT2D eigenvalue weighted by Gasteiger charge is -2.24. The molecule has 2 N–H and O–H groups in total. The van der Waals surface area contributed by atoms with Gasteiger partial charge < -0.3 is 20.1 Å². The predicted molar refractivity (Wildman–Crippen MR) is 83.4 cm³/mol. The van der Waals surface area contributed by atoms with Gasteiger partial charge in [0, 0.05) is 19.0 Å². The van der Waals surface area contributed by atoms with E-state index < -0.39 is 0 Å². The highest BCUT2D eigenvalue weighted by Crippen LogP contribution is 2.32. The molecule has 6 heteroatoms. The number of morpholine rings is 1. The summed E-state index contributed by atoms with van der Waals surface area (Å²) in [5.41, 5.74) is 1.96. The molecular formula is C15H21ClN2O3. The minimum Gasteiger partial charge on any atom is -0.491 e. The van der Waals surface area contributed by atoms with Crippen LogP contribution in [0.5, 0.6) is 5.75 Å². The zero-order valence-corrected chi connectivity index (χ0v) is 12.7. The first kappa shape index (κ1) is 16.1. The van der Waals surface area contributed by atoms with Crippen molar-refractivity contribution in [2.75, 3.05) is 31.7 Å². The summed E-state index contributed by atoms with van der Waals surface area (Å²) in [5.74, 6) is 0.829. The number of fused-ring (bicyclic) bond motifs is 1. The molecule has 0 radical (unpaired) electrons. The molecule has 1 aromatic rings. The van der Waals surface area contributed by atoms with E-state index in [0.29, 0.717) is 13.0 Å². The number of ether oxygens (including phenoxy) is 2. The molecule has 0 spiro atoms. The molecule has 21 heavy (non-hydrogen) atoms. The third kappa shape index (κ3) is 4.09. The zero-order chi connectivity index (χ0) is 13.8. The fraction of sp³-hybridized carbons (Fsp3) is 0.533. The third-order valence-electron chi connectivity index (χ3n) is 3.64. The fourth-order valence-corrected chi connectivity index (χ4v) is 2.66. The van der Waals surface area contributed by atoms with Gasteiger partial charge in [0.25, 0.3) is 0 Å². The number of rotatable bonds is 3. The van der Waals surface area contributed by atoms with Crippen LogP contribution in [0.1, 0.15) is 18.4 Å². The number of nitrogens with one attached hydrogen (secondary N) is 2. The van der Waals surface area contributed by atoms with Crippen molar-refractivity contribution < 1.29 is 14.3 Å². The second-order valence-corrected chi connectivity index (χ2v) is 5.22. The number of para-hydroxylation sites is 1. The Kier molecular flexibility index (Phi) is 5.85. The summed E-state index contributed by atoms with van der Waals surface area (Å²) in [6.45, 7) is 2.84. The maximum absolute atomic E-state index is 12.1. The summed E-state index contributed by atoms with van der Waals surface area (Å²) < 4.78 is 11.0. The van der Waals surface area contributed by atoms with Gasteiger partial charge in [-0.05, 0) is 24.5 Å². The maximum atomic E-state index is 12.1. The molecule has 0 saturated carbocycles. The van der Waals surface area contributed by atoms with E-state index in [9.17, 15) is 4.79 Å². The summed E-state index contributed by atoms with van der Waals surface area (Å²) in [5, 5.41) is 6.24. The largest absolute Gasteiger partial charge is 0.491 e. The van der Waals surface area contributed by atoms with Crippen molar-refractivity contribution in [1.82, 2.24) is 5.32 Å². The van der Waals surface area contributed by atoms with Crippen LogP contribution in [0.25, 0.3) is 0 Å². The zero-order valence-electron chi connectivity index (χ0n) is 11.9. The van der Waals surface area contributed by atoms with E-state index in [-0.39, 0.29) is 24.4 Å². The number of amides is 1. The third-order valence-corrected chi connectivity index (χ3v) is 3.64. The highest BCUT2D eigenvalue weighted by molar-refractivity contribution is 5.93. The number of aryl methyl sites for hydroxylation is 1. The summed E-state index contributed by atoms with van der Waals surface area (Å²) in [4.78, 5) is 12.1. The summed E-state index contributed by atoms with van der Waals surface area (Å²) in [6.07, 6.45) is 2.47. The summed E-state index contributed by atoms with van der Waals surface area (Å²) >= 11 is 0. The average Bonchev–Trinajstić information content (AvgIpc) is 2.48. The molecule has 1 aromatic carbocycles. The van der Waals surface area contributed by atoms with Gasteiger partial charge in [-0.3, -0.25) is 4.79 Å². The number of carbonyl (C=O) groups is 1. The molecule has 0 aliphatic carbocycles. The minimum atomic E-state index is -0.00410. The first-order valence-corrected chi connectivity index (χ1v) is 7.18. The van der Waals surface area contributed by atoms with Crippen molar-refractivity contribution in [1.29, 1.82) is 0 Å². The van der Waals surface area contributed by atoms with Gasteiger partial charge in [-0.1, -0.05) is 12.1 Å². The predicted octanol–water partition coefficient (Wildman–Crippen LogP) is 1.75. The Hall–Kier alpha value is -1.30. The first-order valence-electron chi connectivity index (χ1n) is 7.18. The lowest BCUT2D eigenvalue weighted by molar-refractivity contribution is -0.117. The normalized spacial score (nSPS) is 20.7. The Morgan fingerprint density at radius 3 is 3.10 bits per heavy atom.